The summed E-state index contributed by atoms with van der Waals surface area (Å²) >= 11 is 5.62. The molecule has 0 heterocycles. The van der Waals surface area contributed by atoms with E-state index in [2.05, 4.69) is 9.57 Å². The lowest BCUT2D eigenvalue weighted by molar-refractivity contribution is 0.0748. The van der Waals surface area contributed by atoms with Crippen molar-refractivity contribution in [2.24, 2.45) is 5.73 Å². The number of nitrogens with two attached hydrogens (primary N) is 1. The molecule has 0 bridgehead atoms. The van der Waals surface area contributed by atoms with Gasteiger partial charge in [0.25, 0.3) is 0 Å². The molecule has 80 valence electrons. The predicted molar refractivity (Wildman–Crippen MR) is 53.6 cm³/mol. The fourth-order valence-electron chi connectivity index (χ4n) is 0.716. The molecule has 0 fully saturated rings. The van der Waals surface area contributed by atoms with E-state index in [1.54, 1.807) is 12.1 Å². The maximum Gasteiger partial charge on any atom is 0.538 e. The van der Waals surface area contributed by atoms with Crippen molar-refractivity contribution in [3.8, 4) is 5.75 Å². The Bertz CT molecular complexity index is 366. The van der Waals surface area contributed by atoms with Crippen LogP contribution in [0.4, 0.5) is 4.79 Å². The molecule has 0 amide bonds. The zero-order valence-electron chi connectivity index (χ0n) is 7.49. The number of ether oxygens (including phenoxy) is 1. The minimum atomic E-state index is -1.02. The van der Waals surface area contributed by atoms with E-state index in [4.69, 9.17) is 22.7 Å². The van der Waals surface area contributed by atoms with E-state index < -0.39 is 12.1 Å². The minimum absolute atomic E-state index is 0.273. The lowest BCUT2D eigenvalue weighted by atomic mass is 10.3. The van der Waals surface area contributed by atoms with Gasteiger partial charge >= 0.3 is 6.16 Å². The molecule has 0 spiro atoms. The Kier molecular flexibility index (Phi) is 3.75. The monoisotopic (exact) mass is 229 g/mol. The Labute approximate surface area is 90.4 Å². The second-order valence-electron chi connectivity index (χ2n) is 2.42. The van der Waals surface area contributed by atoms with E-state index in [1.807, 2.05) is 5.48 Å². The van der Waals surface area contributed by atoms with E-state index in [9.17, 15) is 4.79 Å². The maximum atomic E-state index is 10.9. The molecule has 0 atom stereocenters. The van der Waals surface area contributed by atoms with Gasteiger partial charge in [0.1, 0.15) is 5.75 Å². The standard InChI is InChI=1S/C8H8ClN3O3/c9-5-1-3-6(4-2-5)14-8(13)15-12-7(10)11/h1-4H,(H4,10,11,12). The molecule has 0 aliphatic heterocycles. The lowest BCUT2D eigenvalue weighted by Crippen LogP contribution is -2.33. The SMILES string of the molecule is N=C(N)NOC(=O)Oc1ccc(Cl)cc1. The van der Waals surface area contributed by atoms with Crippen LogP contribution >= 0.6 is 11.6 Å². The van der Waals surface area contributed by atoms with Gasteiger partial charge in [0.15, 0.2) is 0 Å². The molecule has 0 saturated carbocycles. The Morgan fingerprint density at radius 3 is 2.53 bits per heavy atom. The van der Waals surface area contributed by atoms with Gasteiger partial charge < -0.3 is 15.3 Å². The Balaban J connectivity index is 2.44. The van der Waals surface area contributed by atoms with Crippen LogP contribution in [-0.2, 0) is 4.84 Å². The summed E-state index contributed by atoms with van der Waals surface area (Å²) in [6.07, 6.45) is -1.02. The first kappa shape index (κ1) is 11.1. The highest BCUT2D eigenvalue weighted by atomic mass is 35.5. The summed E-state index contributed by atoms with van der Waals surface area (Å²) in [5.74, 6) is -0.224. The normalized spacial score (nSPS) is 9.13. The van der Waals surface area contributed by atoms with Crippen LogP contribution < -0.4 is 16.0 Å². The molecule has 1 aromatic carbocycles. The number of hydrogen-bond donors (Lipinski definition) is 3. The number of nitrogens with one attached hydrogen (secondary N) is 2. The molecule has 0 aromatic heterocycles. The van der Waals surface area contributed by atoms with Gasteiger partial charge in [0, 0.05) is 5.02 Å². The molecule has 1 rings (SSSR count). The fraction of sp³-hybridized carbons (Fsp3) is 0. The Morgan fingerprint density at radius 1 is 1.40 bits per heavy atom. The van der Waals surface area contributed by atoms with E-state index in [-0.39, 0.29) is 5.75 Å². The van der Waals surface area contributed by atoms with E-state index in [1.165, 1.54) is 12.1 Å². The van der Waals surface area contributed by atoms with E-state index in [0.717, 1.165) is 0 Å². The van der Waals surface area contributed by atoms with Gasteiger partial charge in [-0.2, -0.15) is 5.48 Å². The molecule has 0 aliphatic rings. The summed E-state index contributed by atoms with van der Waals surface area (Å²) in [7, 11) is 0. The summed E-state index contributed by atoms with van der Waals surface area (Å²) < 4.78 is 4.69. The van der Waals surface area contributed by atoms with Crippen molar-refractivity contribution in [3.05, 3.63) is 29.3 Å². The second-order valence-corrected chi connectivity index (χ2v) is 2.86. The van der Waals surface area contributed by atoms with Gasteiger partial charge in [-0.25, -0.2) is 4.79 Å². The number of carbonyl (C=O) groups is 1. The maximum absolute atomic E-state index is 10.9. The van der Waals surface area contributed by atoms with Gasteiger partial charge in [0.05, 0.1) is 0 Å². The molecule has 0 saturated heterocycles. The van der Waals surface area contributed by atoms with Crippen LogP contribution in [0.3, 0.4) is 0 Å². The highest BCUT2D eigenvalue weighted by molar-refractivity contribution is 6.30. The van der Waals surface area contributed by atoms with Crippen LogP contribution in [0, 0.1) is 5.41 Å². The van der Waals surface area contributed by atoms with Crippen LogP contribution in [0.2, 0.25) is 5.02 Å². The van der Waals surface area contributed by atoms with Gasteiger partial charge in [-0.3, -0.25) is 5.41 Å². The molecule has 0 radical (unpaired) electrons. The van der Waals surface area contributed by atoms with Crippen LogP contribution in [-0.4, -0.2) is 12.1 Å². The number of benzene rings is 1. The lowest BCUT2D eigenvalue weighted by Gasteiger charge is -2.05. The highest BCUT2D eigenvalue weighted by Crippen LogP contribution is 2.15. The van der Waals surface area contributed by atoms with Crippen molar-refractivity contribution < 1.29 is 14.4 Å². The molecule has 0 aliphatic carbocycles. The van der Waals surface area contributed by atoms with Crippen molar-refractivity contribution in [1.29, 1.82) is 5.41 Å². The number of halogens is 1. The van der Waals surface area contributed by atoms with E-state index in [0.29, 0.717) is 5.02 Å². The summed E-state index contributed by atoms with van der Waals surface area (Å²) in [6.45, 7) is 0. The quantitative estimate of drug-likeness (QED) is 0.221. The smallest absolute Gasteiger partial charge is 0.393 e. The molecule has 7 heteroatoms. The molecule has 0 unspecified atom stereocenters. The topological polar surface area (TPSA) is 97.4 Å². The summed E-state index contributed by atoms with van der Waals surface area (Å²) in [5, 5.41) is 7.24. The first-order valence-corrected chi connectivity index (χ1v) is 4.20. The third-order valence-corrected chi connectivity index (χ3v) is 1.51. The average molecular weight is 230 g/mol. The Hall–Kier alpha value is -1.95. The highest BCUT2D eigenvalue weighted by Gasteiger charge is 2.06. The number of hydrogen-bond acceptors (Lipinski definition) is 4. The molecular formula is C8H8ClN3O3. The summed E-state index contributed by atoms with van der Waals surface area (Å²) in [6, 6.07) is 6.11. The molecule has 15 heavy (non-hydrogen) atoms. The predicted octanol–water partition coefficient (Wildman–Crippen LogP) is 1.25. The molecular weight excluding hydrogens is 222 g/mol. The van der Waals surface area contributed by atoms with Gasteiger partial charge in [-0.05, 0) is 24.3 Å². The van der Waals surface area contributed by atoms with Crippen LogP contribution in [0.15, 0.2) is 24.3 Å². The van der Waals surface area contributed by atoms with Crippen molar-refractivity contribution in [2.75, 3.05) is 0 Å². The number of hydroxylamine groups is 1. The number of rotatable bonds is 1. The molecule has 1 aromatic rings. The van der Waals surface area contributed by atoms with Crippen molar-refractivity contribution in [2.45, 2.75) is 0 Å². The number of carbonyl (C=O) groups excluding carboxylic acids is 1. The number of guanidine groups is 1. The zero-order valence-corrected chi connectivity index (χ0v) is 8.25. The van der Waals surface area contributed by atoms with Crippen molar-refractivity contribution in [1.82, 2.24) is 5.48 Å². The molecule has 6 nitrogen and oxygen atoms in total. The van der Waals surface area contributed by atoms with Crippen molar-refractivity contribution >= 4 is 23.7 Å². The first-order valence-electron chi connectivity index (χ1n) is 3.82. The third-order valence-electron chi connectivity index (χ3n) is 1.26. The van der Waals surface area contributed by atoms with Gasteiger partial charge in [0.2, 0.25) is 5.96 Å². The van der Waals surface area contributed by atoms with Crippen molar-refractivity contribution in [3.63, 3.8) is 0 Å². The minimum Gasteiger partial charge on any atom is -0.393 e. The summed E-state index contributed by atoms with van der Waals surface area (Å²) in [5.41, 5.74) is 6.71. The van der Waals surface area contributed by atoms with Gasteiger partial charge in [-0.1, -0.05) is 11.6 Å². The Morgan fingerprint density at radius 2 is 2.00 bits per heavy atom. The van der Waals surface area contributed by atoms with Crippen LogP contribution in [0.1, 0.15) is 0 Å². The summed E-state index contributed by atoms with van der Waals surface area (Å²) in [4.78, 5) is 15.2. The van der Waals surface area contributed by atoms with E-state index >= 15 is 0 Å². The van der Waals surface area contributed by atoms with Gasteiger partial charge in [-0.15, -0.1) is 0 Å². The largest absolute Gasteiger partial charge is 0.538 e. The first-order chi connectivity index (χ1) is 7.08. The van der Waals surface area contributed by atoms with Crippen LogP contribution in [0.25, 0.3) is 0 Å². The zero-order chi connectivity index (χ0) is 11.3. The third kappa shape index (κ3) is 4.19. The average Bonchev–Trinajstić information content (AvgIpc) is 2.19. The van der Waals surface area contributed by atoms with Crippen LogP contribution in [0.5, 0.6) is 5.75 Å². The molecule has 4 N–H and O–H groups in total. The second kappa shape index (κ2) is 5.06. The fourth-order valence-corrected chi connectivity index (χ4v) is 0.842.